The van der Waals surface area contributed by atoms with E-state index in [0.717, 1.165) is 12.8 Å². The van der Waals surface area contributed by atoms with Gasteiger partial charge in [-0.05, 0) is 12.8 Å². The van der Waals surface area contributed by atoms with Gasteiger partial charge in [0, 0.05) is 12.5 Å². The molecule has 1 fully saturated rings. The second-order valence-electron chi connectivity index (χ2n) is 2.96. The number of carbonyl (C=O) groups excluding carboxylic acids is 1. The zero-order chi connectivity index (χ0) is 9.19. The summed E-state index contributed by atoms with van der Waals surface area (Å²) in [5.74, 6) is -0.491. The number of rotatable bonds is 3. The molecule has 1 rings (SSSR count). The van der Waals surface area contributed by atoms with Crippen LogP contribution in [0.5, 0.6) is 0 Å². The average Bonchev–Trinajstić information content (AvgIpc) is 2.66. The number of carbonyl (C=O) groups is 1. The number of nitrogens with one attached hydrogen (secondary N) is 1. The molecule has 5 heteroatoms. The van der Waals surface area contributed by atoms with Gasteiger partial charge in [0.2, 0.25) is 5.91 Å². The summed E-state index contributed by atoms with van der Waals surface area (Å²) >= 11 is 0. The maximum absolute atomic E-state index is 11.6. The lowest BCUT2D eigenvalue weighted by molar-refractivity contribution is -0.144. The monoisotopic (exact) mass is 181 g/mol. The highest BCUT2D eigenvalue weighted by atomic mass is 19.4. The molecule has 1 aliphatic carbocycles. The van der Waals surface area contributed by atoms with Gasteiger partial charge >= 0.3 is 6.18 Å². The zero-order valence-corrected chi connectivity index (χ0v) is 6.45. The lowest BCUT2D eigenvalue weighted by Gasteiger charge is -2.05. The van der Waals surface area contributed by atoms with Crippen LogP contribution in [0.3, 0.4) is 0 Å². The summed E-state index contributed by atoms with van der Waals surface area (Å²) in [7, 11) is 0. The molecule has 1 aliphatic rings. The molecule has 0 bridgehead atoms. The highest BCUT2D eigenvalue weighted by molar-refractivity contribution is 5.76. The molecular weight excluding hydrogens is 171 g/mol. The quantitative estimate of drug-likeness (QED) is 0.704. The molecule has 0 aliphatic heterocycles. The van der Waals surface area contributed by atoms with E-state index < -0.39 is 24.9 Å². The van der Waals surface area contributed by atoms with E-state index in [1.807, 2.05) is 0 Å². The number of amides is 1. The van der Waals surface area contributed by atoms with Gasteiger partial charge in [-0.2, -0.15) is 13.2 Å². The largest absolute Gasteiger partial charge is 0.389 e. The molecule has 0 aromatic carbocycles. The molecule has 12 heavy (non-hydrogen) atoms. The second kappa shape index (κ2) is 3.33. The molecular formula is C7H10F3NO. The highest BCUT2D eigenvalue weighted by Crippen LogP contribution is 2.22. The third-order valence-corrected chi connectivity index (χ3v) is 1.58. The Morgan fingerprint density at radius 3 is 2.42 bits per heavy atom. The first-order valence-corrected chi connectivity index (χ1v) is 3.83. The summed E-state index contributed by atoms with van der Waals surface area (Å²) in [6, 6.07) is 0.144. The van der Waals surface area contributed by atoms with Gasteiger partial charge in [-0.1, -0.05) is 0 Å². The van der Waals surface area contributed by atoms with Crippen molar-refractivity contribution in [3.63, 3.8) is 0 Å². The Morgan fingerprint density at radius 1 is 1.42 bits per heavy atom. The van der Waals surface area contributed by atoms with Crippen LogP contribution in [0.15, 0.2) is 0 Å². The summed E-state index contributed by atoms with van der Waals surface area (Å²) in [6.45, 7) is 0. The van der Waals surface area contributed by atoms with Crippen molar-refractivity contribution >= 4 is 5.91 Å². The van der Waals surface area contributed by atoms with Crippen LogP contribution in [0.4, 0.5) is 13.2 Å². The molecule has 2 nitrogen and oxygen atoms in total. The van der Waals surface area contributed by atoms with Crippen molar-refractivity contribution in [3.8, 4) is 0 Å². The predicted molar refractivity (Wildman–Crippen MR) is 36.5 cm³/mol. The second-order valence-corrected chi connectivity index (χ2v) is 2.96. The van der Waals surface area contributed by atoms with E-state index in [9.17, 15) is 18.0 Å². The predicted octanol–water partition coefficient (Wildman–Crippen LogP) is 1.61. The Bertz CT molecular complexity index is 174. The van der Waals surface area contributed by atoms with Gasteiger partial charge < -0.3 is 5.32 Å². The van der Waals surface area contributed by atoms with Crippen molar-refractivity contribution in [2.24, 2.45) is 0 Å². The molecule has 1 amide bonds. The van der Waals surface area contributed by atoms with Crippen LogP contribution >= 0.6 is 0 Å². The summed E-state index contributed by atoms with van der Waals surface area (Å²) in [6.07, 6.45) is -3.89. The molecule has 0 unspecified atom stereocenters. The van der Waals surface area contributed by atoms with Crippen LogP contribution in [-0.4, -0.2) is 18.1 Å². The third-order valence-electron chi connectivity index (χ3n) is 1.58. The van der Waals surface area contributed by atoms with Gasteiger partial charge in [0.25, 0.3) is 0 Å². The molecule has 0 radical (unpaired) electrons. The van der Waals surface area contributed by atoms with E-state index in [1.165, 1.54) is 0 Å². The van der Waals surface area contributed by atoms with Crippen molar-refractivity contribution in [1.29, 1.82) is 0 Å². The molecule has 0 saturated heterocycles. The Kier molecular flexibility index (Phi) is 2.59. The molecule has 1 N–H and O–H groups in total. The topological polar surface area (TPSA) is 29.1 Å². The molecule has 0 aromatic heterocycles. The van der Waals surface area contributed by atoms with Crippen molar-refractivity contribution < 1.29 is 18.0 Å². The SMILES string of the molecule is O=C(CCC(F)(F)F)NC1CC1. The maximum atomic E-state index is 11.6. The minimum absolute atomic E-state index is 0.144. The Labute approximate surface area is 68.1 Å². The van der Waals surface area contributed by atoms with Gasteiger partial charge in [0.15, 0.2) is 0 Å². The highest BCUT2D eigenvalue weighted by Gasteiger charge is 2.29. The summed E-state index contributed by atoms with van der Waals surface area (Å²) in [5, 5.41) is 2.49. The Balaban J connectivity index is 2.09. The van der Waals surface area contributed by atoms with E-state index >= 15 is 0 Å². The van der Waals surface area contributed by atoms with Crippen LogP contribution in [0, 0.1) is 0 Å². The molecule has 70 valence electrons. The molecule has 0 spiro atoms. The van der Waals surface area contributed by atoms with Crippen molar-refractivity contribution in [1.82, 2.24) is 5.32 Å². The van der Waals surface area contributed by atoms with Gasteiger partial charge in [-0.25, -0.2) is 0 Å². The van der Waals surface area contributed by atoms with Crippen LogP contribution < -0.4 is 5.32 Å². The summed E-state index contributed by atoms with van der Waals surface area (Å²) < 4.78 is 34.8. The van der Waals surface area contributed by atoms with E-state index in [0.29, 0.717) is 0 Å². The van der Waals surface area contributed by atoms with E-state index in [2.05, 4.69) is 5.32 Å². The van der Waals surface area contributed by atoms with Gasteiger partial charge in [-0.3, -0.25) is 4.79 Å². The minimum atomic E-state index is -4.22. The molecule has 0 aromatic rings. The Morgan fingerprint density at radius 2 is 2.00 bits per heavy atom. The summed E-state index contributed by atoms with van der Waals surface area (Å²) in [5.41, 5.74) is 0. The first kappa shape index (κ1) is 9.35. The third kappa shape index (κ3) is 4.20. The van der Waals surface area contributed by atoms with Crippen molar-refractivity contribution in [2.75, 3.05) is 0 Å². The van der Waals surface area contributed by atoms with E-state index in [-0.39, 0.29) is 6.04 Å². The number of hydrogen-bond acceptors (Lipinski definition) is 1. The number of hydrogen-bond donors (Lipinski definition) is 1. The molecule has 0 atom stereocenters. The minimum Gasteiger partial charge on any atom is -0.353 e. The zero-order valence-electron chi connectivity index (χ0n) is 6.45. The lowest BCUT2D eigenvalue weighted by atomic mass is 10.3. The van der Waals surface area contributed by atoms with Gasteiger partial charge in [0.05, 0.1) is 6.42 Å². The lowest BCUT2D eigenvalue weighted by Crippen LogP contribution is -2.26. The van der Waals surface area contributed by atoms with Crippen molar-refractivity contribution in [2.45, 2.75) is 37.9 Å². The Hall–Kier alpha value is -0.740. The first-order valence-electron chi connectivity index (χ1n) is 3.83. The normalized spacial score (nSPS) is 17.6. The number of alkyl halides is 3. The molecule has 0 heterocycles. The van der Waals surface area contributed by atoms with Crippen LogP contribution in [-0.2, 0) is 4.79 Å². The fraction of sp³-hybridized carbons (Fsp3) is 0.857. The maximum Gasteiger partial charge on any atom is 0.389 e. The van der Waals surface area contributed by atoms with Gasteiger partial charge in [0.1, 0.15) is 0 Å². The van der Waals surface area contributed by atoms with Crippen LogP contribution in [0.1, 0.15) is 25.7 Å². The van der Waals surface area contributed by atoms with Gasteiger partial charge in [-0.15, -0.1) is 0 Å². The smallest absolute Gasteiger partial charge is 0.353 e. The standard InChI is InChI=1S/C7H10F3NO/c8-7(9,10)4-3-6(12)11-5-1-2-5/h5H,1-4H2,(H,11,12). The first-order chi connectivity index (χ1) is 5.47. The van der Waals surface area contributed by atoms with Crippen molar-refractivity contribution in [3.05, 3.63) is 0 Å². The average molecular weight is 181 g/mol. The van der Waals surface area contributed by atoms with Crippen LogP contribution in [0.2, 0.25) is 0 Å². The number of halogens is 3. The fourth-order valence-electron chi connectivity index (χ4n) is 0.783. The van der Waals surface area contributed by atoms with E-state index in [4.69, 9.17) is 0 Å². The van der Waals surface area contributed by atoms with Crippen LogP contribution in [0.25, 0.3) is 0 Å². The fourth-order valence-corrected chi connectivity index (χ4v) is 0.783. The molecule has 1 saturated carbocycles. The van der Waals surface area contributed by atoms with E-state index in [1.54, 1.807) is 0 Å². The summed E-state index contributed by atoms with van der Waals surface area (Å²) in [4.78, 5) is 10.7.